The van der Waals surface area contributed by atoms with Gasteiger partial charge < -0.3 is 14.9 Å². The molecule has 0 saturated carbocycles. The van der Waals surface area contributed by atoms with Crippen molar-refractivity contribution in [3.05, 3.63) is 75.4 Å². The van der Waals surface area contributed by atoms with Crippen molar-refractivity contribution >= 4 is 55.5 Å². The number of anilines is 1. The van der Waals surface area contributed by atoms with E-state index in [1.165, 1.54) is 28.4 Å². The van der Waals surface area contributed by atoms with Gasteiger partial charge >= 0.3 is 5.97 Å². The largest absolute Gasteiger partial charge is 0.508 e. The minimum atomic E-state index is -0.755. The van der Waals surface area contributed by atoms with Crippen LogP contribution in [0.3, 0.4) is 0 Å². The van der Waals surface area contributed by atoms with Gasteiger partial charge in [-0.25, -0.2) is 14.8 Å². The molecule has 0 fully saturated rings. The third-order valence-corrected chi connectivity index (χ3v) is 7.60. The predicted molar refractivity (Wildman–Crippen MR) is 130 cm³/mol. The van der Waals surface area contributed by atoms with Gasteiger partial charge in [0.1, 0.15) is 15.6 Å². The van der Waals surface area contributed by atoms with Crippen molar-refractivity contribution in [3.63, 3.8) is 0 Å². The topological polar surface area (TPSA) is 113 Å². The van der Waals surface area contributed by atoms with Crippen LogP contribution in [0.1, 0.15) is 38.9 Å². The molecule has 172 valence electrons. The number of thiazole rings is 2. The monoisotopic (exact) mass is 493 g/mol. The summed E-state index contributed by atoms with van der Waals surface area (Å²) in [4.78, 5) is 36.5. The summed E-state index contributed by atoms with van der Waals surface area (Å²) in [5.74, 6) is -1.51. The normalized spacial score (nSPS) is 16.0. The van der Waals surface area contributed by atoms with Crippen molar-refractivity contribution in [2.24, 2.45) is 0 Å². The minimum Gasteiger partial charge on any atom is -0.508 e. The lowest BCUT2D eigenvalue weighted by atomic mass is 10.00. The fourth-order valence-corrected chi connectivity index (χ4v) is 5.87. The number of ether oxygens (including phenoxy) is 1. The molecular formula is C24H19N3O5S2. The number of aliphatic hydroxyl groups excluding tert-OH is 1. The number of phenols is 1. The van der Waals surface area contributed by atoms with Crippen molar-refractivity contribution in [1.82, 2.24) is 9.97 Å². The lowest BCUT2D eigenvalue weighted by Gasteiger charge is -2.24. The molecule has 1 aliphatic heterocycles. The summed E-state index contributed by atoms with van der Waals surface area (Å²) in [6.07, 6.45) is 0. The number of carbonyl (C=O) groups excluding carboxylic acids is 2. The number of benzene rings is 2. The third-order valence-electron chi connectivity index (χ3n) is 5.39. The van der Waals surface area contributed by atoms with Crippen LogP contribution in [0.25, 0.3) is 15.8 Å². The highest BCUT2D eigenvalue weighted by atomic mass is 32.1. The molecule has 1 atom stereocenters. The Morgan fingerprint density at radius 3 is 2.53 bits per heavy atom. The molecule has 10 heteroatoms. The lowest BCUT2D eigenvalue weighted by molar-refractivity contribution is -0.117. The Morgan fingerprint density at radius 2 is 1.82 bits per heavy atom. The molecule has 0 aliphatic carbocycles. The maximum absolute atomic E-state index is 13.4. The molecule has 1 aliphatic rings. The number of hydrogen-bond donors (Lipinski definition) is 2. The number of nitrogens with zero attached hydrogens (tertiary/aromatic N) is 3. The van der Waals surface area contributed by atoms with E-state index in [0.29, 0.717) is 26.7 Å². The summed E-state index contributed by atoms with van der Waals surface area (Å²) in [5.41, 5.74) is 2.19. The Labute approximate surface area is 202 Å². The predicted octanol–water partition coefficient (Wildman–Crippen LogP) is 5.00. The number of aliphatic hydroxyl groups is 1. The van der Waals surface area contributed by atoms with Crippen LogP contribution in [-0.2, 0) is 9.53 Å². The van der Waals surface area contributed by atoms with E-state index in [1.54, 1.807) is 26.0 Å². The van der Waals surface area contributed by atoms with Crippen LogP contribution in [0, 0.1) is 6.92 Å². The second-order valence-corrected chi connectivity index (χ2v) is 9.56. The number of carbonyl (C=O) groups is 2. The first kappa shape index (κ1) is 22.1. The van der Waals surface area contributed by atoms with Gasteiger partial charge in [0, 0.05) is 0 Å². The molecule has 0 spiro atoms. The van der Waals surface area contributed by atoms with Gasteiger partial charge in [0.05, 0.1) is 34.1 Å². The van der Waals surface area contributed by atoms with Crippen LogP contribution in [0.15, 0.2) is 54.3 Å². The highest BCUT2D eigenvalue weighted by molar-refractivity contribution is 7.19. The number of amides is 1. The zero-order chi connectivity index (χ0) is 24.0. The highest BCUT2D eigenvalue weighted by Gasteiger charge is 2.45. The van der Waals surface area contributed by atoms with Gasteiger partial charge in [-0.05, 0) is 43.7 Å². The van der Waals surface area contributed by atoms with Crippen LogP contribution in [0.2, 0.25) is 0 Å². The van der Waals surface area contributed by atoms with Gasteiger partial charge in [0.2, 0.25) is 0 Å². The number of aromatic nitrogens is 2. The van der Waals surface area contributed by atoms with Gasteiger partial charge in [-0.3, -0.25) is 9.69 Å². The first-order chi connectivity index (χ1) is 16.4. The molecule has 1 amide bonds. The van der Waals surface area contributed by atoms with Crippen LogP contribution in [0.5, 0.6) is 5.75 Å². The number of aryl methyl sites for hydroxylation is 1. The molecule has 34 heavy (non-hydrogen) atoms. The molecule has 3 heterocycles. The molecule has 0 bridgehead atoms. The third kappa shape index (κ3) is 3.61. The summed E-state index contributed by atoms with van der Waals surface area (Å²) in [6.45, 7) is 3.60. The maximum Gasteiger partial charge on any atom is 0.350 e. The molecule has 0 saturated heterocycles. The average Bonchev–Trinajstić information content (AvgIpc) is 3.48. The smallest absolute Gasteiger partial charge is 0.350 e. The van der Waals surface area contributed by atoms with Crippen molar-refractivity contribution in [1.29, 1.82) is 0 Å². The van der Waals surface area contributed by atoms with Crippen molar-refractivity contribution in [2.45, 2.75) is 19.9 Å². The Bertz CT molecular complexity index is 1420. The Morgan fingerprint density at radius 1 is 1.09 bits per heavy atom. The van der Waals surface area contributed by atoms with E-state index in [-0.39, 0.29) is 17.5 Å². The fourth-order valence-electron chi connectivity index (χ4n) is 3.85. The van der Waals surface area contributed by atoms with E-state index >= 15 is 0 Å². The summed E-state index contributed by atoms with van der Waals surface area (Å²) >= 11 is 2.40. The number of aromatic hydroxyl groups is 1. The van der Waals surface area contributed by atoms with Gasteiger partial charge in [-0.1, -0.05) is 35.6 Å². The van der Waals surface area contributed by atoms with Crippen LogP contribution in [0.4, 0.5) is 5.13 Å². The maximum atomic E-state index is 13.4. The van der Waals surface area contributed by atoms with Crippen molar-refractivity contribution in [2.75, 3.05) is 11.5 Å². The molecule has 2 N–H and O–H groups in total. The zero-order valence-electron chi connectivity index (χ0n) is 18.2. The van der Waals surface area contributed by atoms with Gasteiger partial charge in [0.15, 0.2) is 10.9 Å². The average molecular weight is 494 g/mol. The number of phenolic OH excluding ortho intramolecular Hbond substituents is 1. The van der Waals surface area contributed by atoms with Gasteiger partial charge in [-0.15, -0.1) is 11.3 Å². The zero-order valence-corrected chi connectivity index (χ0v) is 19.8. The van der Waals surface area contributed by atoms with E-state index in [0.717, 1.165) is 21.6 Å². The number of hydrogen-bond acceptors (Lipinski definition) is 9. The Hall–Kier alpha value is -3.76. The first-order valence-corrected chi connectivity index (χ1v) is 12.1. The Balaban J connectivity index is 1.67. The molecule has 0 radical (unpaired) electrons. The number of rotatable bonds is 5. The van der Waals surface area contributed by atoms with Crippen LogP contribution >= 0.6 is 22.7 Å². The summed E-state index contributed by atoms with van der Waals surface area (Å²) in [5, 5.41) is 21.6. The van der Waals surface area contributed by atoms with E-state index in [4.69, 9.17) is 4.74 Å². The van der Waals surface area contributed by atoms with E-state index in [9.17, 15) is 19.8 Å². The quantitative estimate of drug-likeness (QED) is 0.376. The number of fused-ring (bicyclic) bond motifs is 1. The standard InChI is InChI=1S/C24H19N3O5S2/c1-3-32-23(31)20-12(2)25-24(34-20)27-18(13-8-10-14(28)11-9-13)17(19(29)22(27)30)21-26-15-6-4-5-7-16(15)33-21/h4-11,18,28-29H,3H2,1-2H3/t18-/m0/s1. The van der Waals surface area contributed by atoms with Gasteiger partial charge in [-0.2, -0.15) is 0 Å². The van der Waals surface area contributed by atoms with E-state index in [2.05, 4.69) is 9.97 Å². The second kappa shape index (κ2) is 8.54. The summed E-state index contributed by atoms with van der Waals surface area (Å²) in [6, 6.07) is 13.2. The fraction of sp³-hybridized carbons (Fsp3) is 0.167. The highest BCUT2D eigenvalue weighted by Crippen LogP contribution is 2.48. The van der Waals surface area contributed by atoms with Crippen molar-refractivity contribution in [3.8, 4) is 5.75 Å². The molecule has 2 aromatic heterocycles. The number of esters is 1. The Kier molecular flexibility index (Phi) is 5.54. The minimum absolute atomic E-state index is 0.0732. The van der Waals surface area contributed by atoms with Crippen LogP contribution < -0.4 is 4.90 Å². The van der Waals surface area contributed by atoms with E-state index < -0.39 is 23.7 Å². The molecular weight excluding hydrogens is 474 g/mol. The van der Waals surface area contributed by atoms with Gasteiger partial charge in [0.25, 0.3) is 5.91 Å². The molecule has 8 nitrogen and oxygen atoms in total. The molecule has 5 rings (SSSR count). The molecule has 0 unspecified atom stereocenters. The summed E-state index contributed by atoms with van der Waals surface area (Å²) in [7, 11) is 0. The number of para-hydroxylation sites is 1. The SMILES string of the molecule is CCOC(=O)c1sc(N2C(=O)C(O)=C(c3nc4ccccc4s3)[C@@H]2c2ccc(O)cc2)nc1C. The lowest BCUT2D eigenvalue weighted by Crippen LogP contribution is -2.30. The molecule has 4 aromatic rings. The summed E-state index contributed by atoms with van der Waals surface area (Å²) < 4.78 is 6.03. The van der Waals surface area contributed by atoms with E-state index in [1.807, 2.05) is 24.3 Å². The van der Waals surface area contributed by atoms with Crippen LogP contribution in [-0.4, -0.2) is 38.7 Å². The second-order valence-electron chi connectivity index (χ2n) is 7.55. The first-order valence-electron chi connectivity index (χ1n) is 10.4. The molecule has 2 aromatic carbocycles. The van der Waals surface area contributed by atoms with Crippen molar-refractivity contribution < 1.29 is 24.5 Å².